The molecular formula is C14H13FN2O3. The van der Waals surface area contributed by atoms with Crippen LogP contribution in [0.2, 0.25) is 0 Å². The lowest BCUT2D eigenvalue weighted by molar-refractivity contribution is -0.385. The molecule has 0 aliphatic heterocycles. The fourth-order valence-electron chi connectivity index (χ4n) is 1.69. The number of aryl methyl sites for hydroxylation is 1. The van der Waals surface area contributed by atoms with Crippen molar-refractivity contribution in [3.8, 4) is 11.5 Å². The summed E-state index contributed by atoms with van der Waals surface area (Å²) in [7, 11) is 0. The van der Waals surface area contributed by atoms with Crippen LogP contribution in [0.5, 0.6) is 11.5 Å². The number of hydrogen-bond acceptors (Lipinski definition) is 4. The number of ether oxygens (including phenoxy) is 1. The van der Waals surface area contributed by atoms with E-state index in [1.165, 1.54) is 13.0 Å². The van der Waals surface area contributed by atoms with Crippen LogP contribution in [0.4, 0.5) is 10.1 Å². The van der Waals surface area contributed by atoms with E-state index in [1.54, 1.807) is 24.3 Å². The second kappa shape index (κ2) is 5.66. The molecule has 0 saturated carbocycles. The molecule has 2 rings (SSSR count). The lowest BCUT2D eigenvalue weighted by Crippen LogP contribution is -1.97. The van der Waals surface area contributed by atoms with E-state index < -0.39 is 16.4 Å². The van der Waals surface area contributed by atoms with E-state index in [1.807, 2.05) is 0 Å². The topological polar surface area (TPSA) is 78.4 Å². The second-order valence-corrected chi connectivity index (χ2v) is 4.28. The van der Waals surface area contributed by atoms with Crippen LogP contribution in [0.25, 0.3) is 0 Å². The van der Waals surface area contributed by atoms with Crippen LogP contribution in [0, 0.1) is 22.9 Å². The normalized spacial score (nSPS) is 10.3. The van der Waals surface area contributed by atoms with Crippen LogP contribution in [-0.2, 0) is 6.54 Å². The zero-order valence-electron chi connectivity index (χ0n) is 10.8. The van der Waals surface area contributed by atoms with Crippen LogP contribution >= 0.6 is 0 Å². The monoisotopic (exact) mass is 276 g/mol. The Morgan fingerprint density at radius 2 is 1.95 bits per heavy atom. The number of hydrogen-bond donors (Lipinski definition) is 1. The fraction of sp³-hybridized carbons (Fsp3) is 0.143. The lowest BCUT2D eigenvalue weighted by atomic mass is 10.2. The molecule has 0 saturated heterocycles. The Balaban J connectivity index is 2.36. The first-order valence-corrected chi connectivity index (χ1v) is 5.92. The van der Waals surface area contributed by atoms with Gasteiger partial charge in [0.1, 0.15) is 11.6 Å². The molecule has 0 fully saturated rings. The number of halogens is 1. The highest BCUT2D eigenvalue weighted by molar-refractivity contribution is 5.51. The largest absolute Gasteiger partial charge is 0.450 e. The van der Waals surface area contributed by atoms with E-state index in [2.05, 4.69) is 0 Å². The Labute approximate surface area is 114 Å². The van der Waals surface area contributed by atoms with Gasteiger partial charge in [0.05, 0.1) is 11.0 Å². The van der Waals surface area contributed by atoms with Gasteiger partial charge < -0.3 is 10.5 Å². The van der Waals surface area contributed by atoms with Crippen molar-refractivity contribution in [3.05, 3.63) is 63.5 Å². The SMILES string of the molecule is Cc1cc(Oc2ccc(CN)cc2)c([N+](=O)[O-])cc1F. The summed E-state index contributed by atoms with van der Waals surface area (Å²) in [4.78, 5) is 10.2. The van der Waals surface area contributed by atoms with Crippen molar-refractivity contribution in [3.63, 3.8) is 0 Å². The quantitative estimate of drug-likeness (QED) is 0.686. The molecule has 0 amide bonds. The molecule has 0 atom stereocenters. The zero-order valence-corrected chi connectivity index (χ0v) is 10.8. The van der Waals surface area contributed by atoms with E-state index in [9.17, 15) is 14.5 Å². The minimum absolute atomic E-state index is 0.00870. The smallest absolute Gasteiger partial charge is 0.314 e. The number of nitro benzene ring substituents is 1. The first-order chi connectivity index (χ1) is 9.51. The summed E-state index contributed by atoms with van der Waals surface area (Å²) in [6.45, 7) is 1.92. The molecule has 0 aliphatic rings. The average Bonchev–Trinajstić information content (AvgIpc) is 2.43. The summed E-state index contributed by atoms with van der Waals surface area (Å²) in [5.41, 5.74) is 6.27. The van der Waals surface area contributed by atoms with Gasteiger partial charge in [-0.15, -0.1) is 0 Å². The molecule has 20 heavy (non-hydrogen) atoms. The van der Waals surface area contributed by atoms with Gasteiger partial charge >= 0.3 is 5.69 Å². The van der Waals surface area contributed by atoms with Crippen molar-refractivity contribution < 1.29 is 14.1 Å². The summed E-state index contributed by atoms with van der Waals surface area (Å²) in [6.07, 6.45) is 0. The molecule has 2 N–H and O–H groups in total. The maximum atomic E-state index is 13.4. The Bertz CT molecular complexity index is 642. The molecule has 0 spiro atoms. The number of rotatable bonds is 4. The number of benzene rings is 2. The van der Waals surface area contributed by atoms with Crippen LogP contribution < -0.4 is 10.5 Å². The Hall–Kier alpha value is -2.47. The molecule has 104 valence electrons. The van der Waals surface area contributed by atoms with Gasteiger partial charge in [-0.3, -0.25) is 10.1 Å². The molecule has 0 aromatic heterocycles. The van der Waals surface area contributed by atoms with Crippen molar-refractivity contribution in [1.29, 1.82) is 0 Å². The Kier molecular flexibility index (Phi) is 3.95. The summed E-state index contributed by atoms with van der Waals surface area (Å²) in [5, 5.41) is 10.9. The second-order valence-electron chi connectivity index (χ2n) is 4.28. The van der Waals surface area contributed by atoms with Gasteiger partial charge in [-0.05, 0) is 36.2 Å². The van der Waals surface area contributed by atoms with E-state index in [-0.39, 0.29) is 11.3 Å². The fourth-order valence-corrected chi connectivity index (χ4v) is 1.69. The number of nitrogens with zero attached hydrogens (tertiary/aromatic N) is 1. The van der Waals surface area contributed by atoms with Gasteiger partial charge in [0, 0.05) is 6.54 Å². The van der Waals surface area contributed by atoms with Crippen LogP contribution in [0.3, 0.4) is 0 Å². The minimum atomic E-state index is -0.674. The molecular weight excluding hydrogens is 263 g/mol. The van der Waals surface area contributed by atoms with Crippen molar-refractivity contribution >= 4 is 5.69 Å². The standard InChI is InChI=1S/C14H13FN2O3/c1-9-6-14(13(17(18)19)7-12(9)15)20-11-4-2-10(8-16)3-5-11/h2-7H,8,16H2,1H3. The third-order valence-corrected chi connectivity index (χ3v) is 2.82. The molecule has 0 unspecified atom stereocenters. The van der Waals surface area contributed by atoms with Gasteiger partial charge in [-0.1, -0.05) is 12.1 Å². The molecule has 0 radical (unpaired) electrons. The summed E-state index contributed by atoms with van der Waals surface area (Å²) in [6, 6.07) is 9.01. The maximum absolute atomic E-state index is 13.4. The van der Waals surface area contributed by atoms with Crippen LogP contribution in [0.15, 0.2) is 36.4 Å². The Morgan fingerprint density at radius 1 is 1.30 bits per heavy atom. The van der Waals surface area contributed by atoms with E-state index in [4.69, 9.17) is 10.5 Å². The van der Waals surface area contributed by atoms with Crippen molar-refractivity contribution in [1.82, 2.24) is 0 Å². The molecule has 0 heterocycles. The zero-order chi connectivity index (χ0) is 14.7. The van der Waals surface area contributed by atoms with Crippen molar-refractivity contribution in [2.24, 2.45) is 5.73 Å². The summed E-state index contributed by atoms with van der Waals surface area (Å²) in [5.74, 6) is -0.201. The molecule has 2 aromatic rings. The molecule has 0 aliphatic carbocycles. The number of nitro groups is 1. The molecule has 6 heteroatoms. The van der Waals surface area contributed by atoms with Gasteiger partial charge in [0.15, 0.2) is 0 Å². The molecule has 0 bridgehead atoms. The van der Waals surface area contributed by atoms with Crippen molar-refractivity contribution in [2.45, 2.75) is 13.5 Å². The highest BCUT2D eigenvalue weighted by Crippen LogP contribution is 2.33. The van der Waals surface area contributed by atoms with E-state index >= 15 is 0 Å². The predicted molar refractivity (Wildman–Crippen MR) is 72.2 cm³/mol. The van der Waals surface area contributed by atoms with Gasteiger partial charge in [0.2, 0.25) is 5.75 Å². The van der Waals surface area contributed by atoms with E-state index in [0.29, 0.717) is 12.3 Å². The van der Waals surface area contributed by atoms with Crippen molar-refractivity contribution in [2.75, 3.05) is 0 Å². The lowest BCUT2D eigenvalue weighted by Gasteiger charge is -2.08. The molecule has 5 nitrogen and oxygen atoms in total. The van der Waals surface area contributed by atoms with E-state index in [0.717, 1.165) is 11.6 Å². The van der Waals surface area contributed by atoms with Gasteiger partial charge in [0.25, 0.3) is 0 Å². The Morgan fingerprint density at radius 3 is 2.50 bits per heavy atom. The third kappa shape index (κ3) is 2.92. The third-order valence-electron chi connectivity index (χ3n) is 2.82. The summed E-state index contributed by atoms with van der Waals surface area (Å²) < 4.78 is 18.8. The highest BCUT2D eigenvalue weighted by Gasteiger charge is 2.19. The van der Waals surface area contributed by atoms with Crippen LogP contribution in [-0.4, -0.2) is 4.92 Å². The summed E-state index contributed by atoms with van der Waals surface area (Å²) >= 11 is 0. The molecule has 2 aromatic carbocycles. The van der Waals surface area contributed by atoms with Crippen LogP contribution in [0.1, 0.15) is 11.1 Å². The van der Waals surface area contributed by atoms with Gasteiger partial charge in [-0.25, -0.2) is 4.39 Å². The first-order valence-electron chi connectivity index (χ1n) is 5.92. The predicted octanol–water partition coefficient (Wildman–Crippen LogP) is 3.29. The van der Waals surface area contributed by atoms with Gasteiger partial charge in [-0.2, -0.15) is 0 Å². The minimum Gasteiger partial charge on any atom is -0.450 e. The average molecular weight is 276 g/mol. The highest BCUT2D eigenvalue weighted by atomic mass is 19.1. The number of nitrogens with two attached hydrogens (primary N) is 1. The first kappa shape index (κ1) is 14.0. The maximum Gasteiger partial charge on any atom is 0.314 e.